The average Bonchev–Trinajstić information content (AvgIpc) is 2.44. The summed E-state index contributed by atoms with van der Waals surface area (Å²) in [5, 5.41) is 0. The van der Waals surface area contributed by atoms with E-state index >= 15 is 0 Å². The number of ether oxygens (including phenoxy) is 2. The van der Waals surface area contributed by atoms with Gasteiger partial charge in [-0.25, -0.2) is 4.79 Å². The summed E-state index contributed by atoms with van der Waals surface area (Å²) in [6.07, 6.45) is -4.16. The zero-order valence-electron chi connectivity index (χ0n) is 11.9. The van der Waals surface area contributed by atoms with Gasteiger partial charge in [0.25, 0.3) is 0 Å². The Bertz CT molecular complexity index is 538. The Morgan fingerprint density at radius 1 is 1.18 bits per heavy atom. The van der Waals surface area contributed by atoms with Crippen molar-refractivity contribution in [1.29, 1.82) is 0 Å². The van der Waals surface area contributed by atoms with Crippen molar-refractivity contribution in [3.8, 4) is 5.75 Å². The Kier molecular flexibility index (Phi) is 5.82. The van der Waals surface area contributed by atoms with Crippen LogP contribution < -0.4 is 4.74 Å². The first-order valence-electron chi connectivity index (χ1n) is 6.30. The van der Waals surface area contributed by atoms with Crippen LogP contribution in [0.15, 0.2) is 24.3 Å². The van der Waals surface area contributed by atoms with Crippen molar-refractivity contribution in [2.24, 2.45) is 0 Å². The first-order chi connectivity index (χ1) is 10.1. The zero-order valence-corrected chi connectivity index (χ0v) is 12.6. The molecule has 0 aliphatic heterocycles. The number of carbonyl (C=O) groups is 2. The van der Waals surface area contributed by atoms with Gasteiger partial charge >= 0.3 is 18.1 Å². The van der Waals surface area contributed by atoms with Gasteiger partial charge in [-0.3, -0.25) is 4.79 Å². The normalized spacial score (nSPS) is 14.1. The fourth-order valence-electron chi connectivity index (χ4n) is 1.29. The predicted octanol–water partition coefficient (Wildman–Crippen LogP) is 3.56. The van der Waals surface area contributed by atoms with E-state index in [0.29, 0.717) is 6.42 Å². The summed E-state index contributed by atoms with van der Waals surface area (Å²) in [5.74, 6) is -1.78. The third kappa shape index (κ3) is 5.22. The number of halogens is 4. The van der Waals surface area contributed by atoms with Crippen LogP contribution in [0.25, 0.3) is 0 Å². The van der Waals surface area contributed by atoms with Crippen molar-refractivity contribution < 1.29 is 32.2 Å². The van der Waals surface area contributed by atoms with Gasteiger partial charge < -0.3 is 9.47 Å². The van der Waals surface area contributed by atoms with E-state index in [1.54, 1.807) is 6.92 Å². The van der Waals surface area contributed by atoms with Gasteiger partial charge in [0.1, 0.15) is 10.6 Å². The molecule has 1 rings (SSSR count). The van der Waals surface area contributed by atoms with Gasteiger partial charge in [0.05, 0.1) is 5.56 Å². The molecule has 0 bridgehead atoms. The van der Waals surface area contributed by atoms with E-state index in [0.717, 1.165) is 24.3 Å². The largest absolute Gasteiger partial charge is 0.452 e. The van der Waals surface area contributed by atoms with E-state index in [1.165, 1.54) is 6.92 Å². The summed E-state index contributed by atoms with van der Waals surface area (Å²) >= 11 is 5.84. The molecule has 0 amide bonds. The highest BCUT2D eigenvalue weighted by atomic mass is 35.5. The first-order valence-corrected chi connectivity index (χ1v) is 6.68. The maximum Gasteiger partial charge on any atom is 0.416 e. The van der Waals surface area contributed by atoms with Crippen molar-refractivity contribution in [3.63, 3.8) is 0 Å². The number of hydrogen-bond acceptors (Lipinski definition) is 4. The van der Waals surface area contributed by atoms with Crippen LogP contribution in [0.4, 0.5) is 13.2 Å². The predicted molar refractivity (Wildman–Crippen MR) is 72.6 cm³/mol. The Morgan fingerprint density at radius 3 is 2.18 bits per heavy atom. The molecule has 0 aliphatic rings. The van der Waals surface area contributed by atoms with Gasteiger partial charge in [0, 0.05) is 0 Å². The van der Waals surface area contributed by atoms with Crippen molar-refractivity contribution in [2.75, 3.05) is 6.61 Å². The van der Waals surface area contributed by atoms with Crippen LogP contribution in [0.2, 0.25) is 0 Å². The second-order valence-electron chi connectivity index (χ2n) is 4.62. The maximum atomic E-state index is 12.4. The molecule has 0 radical (unpaired) electrons. The Balaban J connectivity index is 2.54. The number of benzene rings is 1. The summed E-state index contributed by atoms with van der Waals surface area (Å²) in [5.41, 5.74) is -0.862. The minimum Gasteiger partial charge on any atom is -0.452 e. The van der Waals surface area contributed by atoms with Crippen LogP contribution in [-0.4, -0.2) is 23.4 Å². The van der Waals surface area contributed by atoms with E-state index < -0.39 is 35.2 Å². The molecule has 4 nitrogen and oxygen atoms in total. The molecule has 1 aromatic rings. The minimum atomic E-state index is -4.47. The van der Waals surface area contributed by atoms with E-state index in [-0.39, 0.29) is 5.75 Å². The lowest BCUT2D eigenvalue weighted by molar-refractivity contribution is -0.155. The van der Waals surface area contributed by atoms with Gasteiger partial charge in [-0.2, -0.15) is 13.2 Å². The third-order valence-electron chi connectivity index (χ3n) is 2.82. The fraction of sp³-hybridized carbons (Fsp3) is 0.429. The van der Waals surface area contributed by atoms with E-state index in [1.807, 2.05) is 0 Å². The molecule has 1 aromatic carbocycles. The summed E-state index contributed by atoms with van der Waals surface area (Å²) < 4.78 is 46.5. The van der Waals surface area contributed by atoms with Crippen LogP contribution in [0.1, 0.15) is 25.8 Å². The van der Waals surface area contributed by atoms with Gasteiger partial charge in [-0.05, 0) is 37.6 Å². The average molecular weight is 339 g/mol. The molecular weight excluding hydrogens is 325 g/mol. The SMILES string of the molecule is CCC(C)(Cl)C(=O)OCC(=O)Oc1ccc(C(F)(F)F)cc1. The maximum absolute atomic E-state index is 12.4. The molecule has 0 aromatic heterocycles. The van der Waals surface area contributed by atoms with Crippen molar-refractivity contribution in [2.45, 2.75) is 31.3 Å². The summed E-state index contributed by atoms with van der Waals surface area (Å²) in [6, 6.07) is 3.56. The monoisotopic (exact) mass is 338 g/mol. The Hall–Kier alpha value is -1.76. The standard InChI is InChI=1S/C14H14ClF3O4/c1-3-13(2,15)12(20)21-8-11(19)22-10-6-4-9(5-7-10)14(16,17)18/h4-7H,3,8H2,1-2H3. The van der Waals surface area contributed by atoms with Crippen LogP contribution in [0, 0.1) is 0 Å². The highest BCUT2D eigenvalue weighted by Crippen LogP contribution is 2.30. The molecule has 0 N–H and O–H groups in total. The van der Waals surface area contributed by atoms with E-state index in [4.69, 9.17) is 16.3 Å². The zero-order chi connectivity index (χ0) is 17.0. The molecule has 0 saturated carbocycles. The molecule has 0 heterocycles. The second kappa shape index (κ2) is 7.00. The molecule has 0 saturated heterocycles. The molecule has 0 aliphatic carbocycles. The molecule has 0 fully saturated rings. The highest BCUT2D eigenvalue weighted by molar-refractivity contribution is 6.33. The van der Waals surface area contributed by atoms with Gasteiger partial charge in [0.2, 0.25) is 0 Å². The molecule has 8 heteroatoms. The topological polar surface area (TPSA) is 52.6 Å². The lowest BCUT2D eigenvalue weighted by atomic mass is 10.1. The van der Waals surface area contributed by atoms with Crippen LogP contribution in [-0.2, 0) is 20.5 Å². The van der Waals surface area contributed by atoms with Gasteiger partial charge in [0.15, 0.2) is 6.61 Å². The number of esters is 2. The van der Waals surface area contributed by atoms with E-state index in [2.05, 4.69) is 4.74 Å². The fourth-order valence-corrected chi connectivity index (χ4v) is 1.35. The number of alkyl halides is 4. The third-order valence-corrected chi connectivity index (χ3v) is 3.25. The lowest BCUT2D eigenvalue weighted by Crippen LogP contribution is -2.32. The lowest BCUT2D eigenvalue weighted by Gasteiger charge is -2.17. The van der Waals surface area contributed by atoms with Gasteiger partial charge in [-0.1, -0.05) is 6.92 Å². The Morgan fingerprint density at radius 2 is 1.73 bits per heavy atom. The summed E-state index contributed by atoms with van der Waals surface area (Å²) in [6.45, 7) is 2.44. The smallest absolute Gasteiger partial charge is 0.416 e. The Labute approximate surface area is 130 Å². The van der Waals surface area contributed by atoms with E-state index in [9.17, 15) is 22.8 Å². The first kappa shape index (κ1) is 18.3. The molecule has 1 unspecified atom stereocenters. The second-order valence-corrected chi connectivity index (χ2v) is 5.46. The summed E-state index contributed by atoms with van der Waals surface area (Å²) in [7, 11) is 0. The van der Waals surface area contributed by atoms with Crippen molar-refractivity contribution in [3.05, 3.63) is 29.8 Å². The minimum absolute atomic E-state index is 0.0850. The highest BCUT2D eigenvalue weighted by Gasteiger charge is 2.31. The molecule has 122 valence electrons. The molecule has 1 atom stereocenters. The van der Waals surface area contributed by atoms with Gasteiger partial charge in [-0.15, -0.1) is 11.6 Å². The number of carbonyl (C=O) groups excluding carboxylic acids is 2. The number of rotatable bonds is 5. The molecular formula is C14H14ClF3O4. The van der Waals surface area contributed by atoms with Crippen molar-refractivity contribution in [1.82, 2.24) is 0 Å². The quantitative estimate of drug-likeness (QED) is 0.468. The van der Waals surface area contributed by atoms with Crippen LogP contribution >= 0.6 is 11.6 Å². The molecule has 0 spiro atoms. The van der Waals surface area contributed by atoms with Crippen LogP contribution in [0.5, 0.6) is 5.75 Å². The van der Waals surface area contributed by atoms with Crippen molar-refractivity contribution >= 4 is 23.5 Å². The summed E-state index contributed by atoms with van der Waals surface area (Å²) in [4.78, 5) is 21.7. The molecule has 22 heavy (non-hydrogen) atoms. The number of hydrogen-bond donors (Lipinski definition) is 0. The van der Waals surface area contributed by atoms with Crippen LogP contribution in [0.3, 0.4) is 0 Å².